The lowest BCUT2D eigenvalue weighted by molar-refractivity contribution is 0.115. The number of hydrogen-bond acceptors (Lipinski definition) is 3. The Morgan fingerprint density at radius 1 is 1.64 bits per heavy atom. The summed E-state index contributed by atoms with van der Waals surface area (Å²) < 4.78 is 1.58. The van der Waals surface area contributed by atoms with E-state index in [1.165, 1.54) is 4.85 Å². The first kappa shape index (κ1) is 6.09. The lowest BCUT2D eigenvalue weighted by Gasteiger charge is -1.98. The normalized spacial score (nSPS) is 10.6. The molecule has 0 spiro atoms. The van der Waals surface area contributed by atoms with E-state index in [0.29, 0.717) is 5.69 Å². The summed E-state index contributed by atoms with van der Waals surface area (Å²) in [6.07, 6.45) is 3.34. The lowest BCUT2D eigenvalue weighted by atomic mass is 10.4. The number of nitrogen functional groups attached to an aromatic ring is 1. The molecule has 0 aliphatic carbocycles. The van der Waals surface area contributed by atoms with Gasteiger partial charge in [0.2, 0.25) is 0 Å². The first-order valence-electron chi connectivity index (χ1n) is 3.18. The van der Waals surface area contributed by atoms with Gasteiger partial charge in [-0.3, -0.25) is 0 Å². The predicted molar refractivity (Wildman–Crippen MR) is 40.1 cm³/mol. The molecule has 0 aliphatic rings. The van der Waals surface area contributed by atoms with Crippen LogP contribution in [0.2, 0.25) is 0 Å². The van der Waals surface area contributed by atoms with Gasteiger partial charge in [-0.25, -0.2) is 0 Å². The molecule has 2 aromatic heterocycles. The summed E-state index contributed by atoms with van der Waals surface area (Å²) in [5.41, 5.74) is 7.10. The predicted octanol–water partition coefficient (Wildman–Crippen LogP) is -0.224. The highest BCUT2D eigenvalue weighted by Gasteiger charge is 2.03. The van der Waals surface area contributed by atoms with Crippen molar-refractivity contribution in [1.82, 2.24) is 14.6 Å². The van der Waals surface area contributed by atoms with E-state index in [9.17, 15) is 0 Å². The second kappa shape index (κ2) is 1.91. The first-order chi connectivity index (χ1) is 5.33. The number of nitrogens with zero attached hydrogens (tertiary/aromatic N) is 3. The molecule has 0 aromatic carbocycles. The third-order valence-electron chi connectivity index (χ3n) is 1.55. The van der Waals surface area contributed by atoms with Crippen molar-refractivity contribution in [2.75, 3.05) is 12.8 Å². The Labute approximate surface area is 62.9 Å². The molecule has 2 heterocycles. The van der Waals surface area contributed by atoms with Crippen LogP contribution in [-0.2, 0) is 0 Å². The van der Waals surface area contributed by atoms with Gasteiger partial charge in [-0.1, -0.05) is 0 Å². The molecule has 5 nitrogen and oxygen atoms in total. The van der Waals surface area contributed by atoms with Crippen LogP contribution >= 0.6 is 0 Å². The highest BCUT2D eigenvalue weighted by atomic mass is 16.7. The zero-order valence-corrected chi connectivity index (χ0v) is 6.06. The van der Waals surface area contributed by atoms with Crippen LogP contribution in [-0.4, -0.2) is 21.7 Å². The van der Waals surface area contributed by atoms with Crippen LogP contribution in [0, 0.1) is 0 Å². The second-order valence-corrected chi connectivity index (χ2v) is 2.18. The topological polar surface area (TPSA) is 57.5 Å². The molecule has 0 fully saturated rings. The Morgan fingerprint density at radius 3 is 3.18 bits per heavy atom. The standard InChI is InChI=1S/C6H8N4O/c1-11-9-3-2-6-5(7)4-8-10(6)9/h2-4H,7H2,1H3. The number of rotatable bonds is 1. The van der Waals surface area contributed by atoms with Crippen molar-refractivity contribution >= 4 is 11.2 Å². The fourth-order valence-electron chi connectivity index (χ4n) is 1.02. The smallest absolute Gasteiger partial charge is 0.113 e. The minimum absolute atomic E-state index is 0.654. The lowest BCUT2D eigenvalue weighted by Crippen LogP contribution is -2.11. The van der Waals surface area contributed by atoms with Crippen LogP contribution in [0.15, 0.2) is 18.5 Å². The molecule has 11 heavy (non-hydrogen) atoms. The van der Waals surface area contributed by atoms with Gasteiger partial charge in [0.1, 0.15) is 12.6 Å². The Balaban J connectivity index is 2.77. The summed E-state index contributed by atoms with van der Waals surface area (Å²) in [6, 6.07) is 1.84. The van der Waals surface area contributed by atoms with Gasteiger partial charge in [-0.15, -0.1) is 9.48 Å². The molecular weight excluding hydrogens is 144 g/mol. The van der Waals surface area contributed by atoms with Gasteiger partial charge in [0.25, 0.3) is 0 Å². The molecular formula is C6H8N4O. The Morgan fingerprint density at radius 2 is 2.45 bits per heavy atom. The van der Waals surface area contributed by atoms with Crippen LogP contribution in [0.4, 0.5) is 5.69 Å². The van der Waals surface area contributed by atoms with Crippen molar-refractivity contribution in [1.29, 1.82) is 0 Å². The van der Waals surface area contributed by atoms with Gasteiger partial charge in [-0.2, -0.15) is 5.10 Å². The highest BCUT2D eigenvalue weighted by molar-refractivity contribution is 5.67. The summed E-state index contributed by atoms with van der Waals surface area (Å²) in [6.45, 7) is 0. The Bertz CT molecular complexity index is 375. The molecule has 0 aliphatic heterocycles. The highest BCUT2D eigenvalue weighted by Crippen LogP contribution is 2.11. The summed E-state index contributed by atoms with van der Waals surface area (Å²) >= 11 is 0. The maximum atomic E-state index is 5.59. The molecule has 0 unspecified atom stereocenters. The van der Waals surface area contributed by atoms with E-state index in [2.05, 4.69) is 5.10 Å². The third kappa shape index (κ3) is 0.674. The van der Waals surface area contributed by atoms with Crippen molar-refractivity contribution < 1.29 is 4.84 Å². The molecule has 0 bridgehead atoms. The van der Waals surface area contributed by atoms with Crippen LogP contribution in [0.1, 0.15) is 0 Å². The van der Waals surface area contributed by atoms with E-state index in [4.69, 9.17) is 10.6 Å². The molecule has 0 saturated heterocycles. The quantitative estimate of drug-likeness (QED) is 0.614. The molecule has 0 radical (unpaired) electrons. The number of anilines is 1. The summed E-state index contributed by atoms with van der Waals surface area (Å²) in [5, 5.41) is 3.98. The van der Waals surface area contributed by atoms with E-state index in [-0.39, 0.29) is 0 Å². The number of nitrogens with two attached hydrogens (primary N) is 1. The third-order valence-corrected chi connectivity index (χ3v) is 1.55. The van der Waals surface area contributed by atoms with Gasteiger partial charge in [0.05, 0.1) is 18.1 Å². The van der Waals surface area contributed by atoms with Crippen molar-refractivity contribution in [2.45, 2.75) is 0 Å². The molecule has 5 heteroatoms. The molecule has 0 saturated carbocycles. The second-order valence-electron chi connectivity index (χ2n) is 2.18. The van der Waals surface area contributed by atoms with Gasteiger partial charge in [0.15, 0.2) is 0 Å². The molecule has 0 atom stereocenters. The minimum Gasteiger partial charge on any atom is -0.400 e. The summed E-state index contributed by atoms with van der Waals surface area (Å²) in [7, 11) is 1.57. The zero-order chi connectivity index (χ0) is 7.84. The van der Waals surface area contributed by atoms with E-state index in [0.717, 1.165) is 5.52 Å². The molecule has 2 rings (SSSR count). The maximum absolute atomic E-state index is 5.59. The average molecular weight is 152 g/mol. The van der Waals surface area contributed by atoms with Crippen molar-refractivity contribution in [3.8, 4) is 0 Å². The SMILES string of the molecule is COn1ccc2c(N)cnn21. The minimum atomic E-state index is 0.654. The molecule has 2 N–H and O–H groups in total. The van der Waals surface area contributed by atoms with Crippen LogP contribution in [0.3, 0.4) is 0 Å². The molecule has 0 amide bonds. The van der Waals surface area contributed by atoms with E-state index < -0.39 is 0 Å². The van der Waals surface area contributed by atoms with Gasteiger partial charge in [-0.05, 0) is 6.07 Å². The van der Waals surface area contributed by atoms with Crippen molar-refractivity contribution in [3.05, 3.63) is 18.5 Å². The Kier molecular flexibility index (Phi) is 1.06. The molecule has 58 valence electrons. The van der Waals surface area contributed by atoms with E-state index in [1.807, 2.05) is 6.07 Å². The fraction of sp³-hybridized carbons (Fsp3) is 0.167. The zero-order valence-electron chi connectivity index (χ0n) is 6.06. The van der Waals surface area contributed by atoms with Crippen LogP contribution in [0.5, 0.6) is 0 Å². The van der Waals surface area contributed by atoms with Crippen molar-refractivity contribution in [3.63, 3.8) is 0 Å². The average Bonchev–Trinajstić information content (AvgIpc) is 2.53. The summed E-state index contributed by atoms with van der Waals surface area (Å²) in [4.78, 5) is 6.43. The first-order valence-corrected chi connectivity index (χ1v) is 3.18. The van der Waals surface area contributed by atoms with Gasteiger partial charge >= 0.3 is 0 Å². The summed E-state index contributed by atoms with van der Waals surface area (Å²) in [5.74, 6) is 0. The molecule has 2 aromatic rings. The van der Waals surface area contributed by atoms with Gasteiger partial charge < -0.3 is 10.6 Å². The van der Waals surface area contributed by atoms with Crippen LogP contribution < -0.4 is 10.6 Å². The monoisotopic (exact) mass is 152 g/mol. The van der Waals surface area contributed by atoms with Crippen LogP contribution in [0.25, 0.3) is 5.52 Å². The number of hydrogen-bond donors (Lipinski definition) is 1. The number of fused-ring (bicyclic) bond motifs is 1. The van der Waals surface area contributed by atoms with Crippen molar-refractivity contribution in [2.24, 2.45) is 0 Å². The fourth-order valence-corrected chi connectivity index (χ4v) is 1.02. The Hall–Kier alpha value is -1.65. The maximum Gasteiger partial charge on any atom is 0.113 e. The van der Waals surface area contributed by atoms with Gasteiger partial charge in [0, 0.05) is 0 Å². The van der Waals surface area contributed by atoms with E-state index in [1.54, 1.807) is 24.1 Å². The number of aromatic nitrogens is 3. The largest absolute Gasteiger partial charge is 0.400 e. The van der Waals surface area contributed by atoms with E-state index >= 15 is 0 Å².